The van der Waals surface area contributed by atoms with E-state index in [0.717, 1.165) is 12.8 Å². The Hall–Kier alpha value is -0.850. The second-order valence-electron chi connectivity index (χ2n) is 2.88. The Kier molecular flexibility index (Phi) is 6.35. The van der Waals surface area contributed by atoms with Crippen LogP contribution in [0.25, 0.3) is 0 Å². The molecule has 0 heterocycles. The van der Waals surface area contributed by atoms with Crippen molar-refractivity contribution in [1.82, 2.24) is 0 Å². The Bertz CT molecular complexity index is 187. The summed E-state index contributed by atoms with van der Waals surface area (Å²) < 4.78 is 0. The Labute approximate surface area is 75.9 Å². The van der Waals surface area contributed by atoms with Crippen LogP contribution in [0.15, 0.2) is 28.4 Å². The fourth-order valence-electron chi connectivity index (χ4n) is 1.20. The van der Waals surface area contributed by atoms with Gasteiger partial charge in [0.05, 0.1) is 0 Å². The lowest BCUT2D eigenvalue weighted by Crippen LogP contribution is -1.85. The van der Waals surface area contributed by atoms with Crippen molar-refractivity contribution in [2.45, 2.75) is 40.0 Å². The third-order valence-electron chi connectivity index (χ3n) is 1.76. The summed E-state index contributed by atoms with van der Waals surface area (Å²) in [6, 6.07) is 0. The molecule has 0 aliphatic rings. The van der Waals surface area contributed by atoms with Gasteiger partial charge >= 0.3 is 0 Å². The van der Waals surface area contributed by atoms with Gasteiger partial charge in [-0.1, -0.05) is 26.3 Å². The fraction of sp³-hybridized carbons (Fsp3) is 0.545. The Morgan fingerprint density at radius 1 is 1.42 bits per heavy atom. The highest BCUT2D eigenvalue weighted by molar-refractivity contribution is 5.32. The van der Waals surface area contributed by atoms with Crippen LogP contribution in [-0.4, -0.2) is 6.72 Å². The second-order valence-corrected chi connectivity index (χ2v) is 2.88. The average molecular weight is 165 g/mol. The van der Waals surface area contributed by atoms with Gasteiger partial charge in [-0.3, -0.25) is 4.99 Å². The molecule has 0 N–H and O–H groups in total. The van der Waals surface area contributed by atoms with Crippen LogP contribution < -0.4 is 0 Å². The topological polar surface area (TPSA) is 12.4 Å². The van der Waals surface area contributed by atoms with E-state index in [0.29, 0.717) is 0 Å². The van der Waals surface area contributed by atoms with Crippen LogP contribution in [0.1, 0.15) is 40.0 Å². The highest BCUT2D eigenvalue weighted by Gasteiger charge is 1.96. The number of hydrogen-bond donors (Lipinski definition) is 0. The van der Waals surface area contributed by atoms with Crippen LogP contribution in [-0.2, 0) is 0 Å². The van der Waals surface area contributed by atoms with Crippen molar-refractivity contribution in [3.05, 3.63) is 23.4 Å². The summed E-state index contributed by atoms with van der Waals surface area (Å²) in [5.41, 5.74) is 2.65. The predicted octanol–water partition coefficient (Wildman–Crippen LogP) is 3.73. The predicted molar refractivity (Wildman–Crippen MR) is 56.6 cm³/mol. The molecule has 0 fully saturated rings. The van der Waals surface area contributed by atoms with E-state index in [-0.39, 0.29) is 0 Å². The van der Waals surface area contributed by atoms with Gasteiger partial charge in [0.15, 0.2) is 0 Å². The zero-order chi connectivity index (χ0) is 9.40. The first kappa shape index (κ1) is 11.2. The molecule has 1 heteroatoms. The first-order valence-electron chi connectivity index (χ1n) is 4.58. The summed E-state index contributed by atoms with van der Waals surface area (Å²) in [6.45, 7) is 9.89. The zero-order valence-corrected chi connectivity index (χ0v) is 8.43. The SMILES string of the molecule is C=N/C=C(C)/C(=C/CC)CCC. The number of nitrogens with zero attached hydrogens (tertiary/aromatic N) is 1. The molecule has 0 aliphatic heterocycles. The van der Waals surface area contributed by atoms with E-state index < -0.39 is 0 Å². The van der Waals surface area contributed by atoms with Gasteiger partial charge < -0.3 is 0 Å². The highest BCUT2D eigenvalue weighted by Crippen LogP contribution is 2.16. The molecule has 0 aromatic rings. The molecule has 0 spiro atoms. The summed E-state index contributed by atoms with van der Waals surface area (Å²) in [7, 11) is 0. The highest BCUT2D eigenvalue weighted by atomic mass is 14.6. The molecule has 0 saturated carbocycles. The van der Waals surface area contributed by atoms with Crippen LogP contribution in [0.3, 0.4) is 0 Å². The summed E-state index contributed by atoms with van der Waals surface area (Å²) in [4.78, 5) is 3.77. The minimum absolute atomic E-state index is 1.09. The van der Waals surface area contributed by atoms with Crippen LogP contribution in [0, 0.1) is 0 Å². The molecule has 68 valence electrons. The lowest BCUT2D eigenvalue weighted by atomic mass is 10.0. The molecule has 0 aliphatic carbocycles. The zero-order valence-electron chi connectivity index (χ0n) is 8.43. The van der Waals surface area contributed by atoms with E-state index in [1.54, 1.807) is 0 Å². The summed E-state index contributed by atoms with van der Waals surface area (Å²) in [6.07, 6.45) is 7.52. The van der Waals surface area contributed by atoms with Crippen molar-refractivity contribution in [1.29, 1.82) is 0 Å². The van der Waals surface area contributed by atoms with E-state index in [2.05, 4.69) is 38.6 Å². The molecule has 0 aromatic heterocycles. The van der Waals surface area contributed by atoms with E-state index in [9.17, 15) is 0 Å². The first-order chi connectivity index (χ1) is 5.76. The number of hydrogen-bond acceptors (Lipinski definition) is 1. The van der Waals surface area contributed by atoms with Crippen molar-refractivity contribution < 1.29 is 0 Å². The molecule has 0 amide bonds. The Morgan fingerprint density at radius 2 is 2.08 bits per heavy atom. The number of aliphatic imine (C=N–C) groups is 1. The fourth-order valence-corrected chi connectivity index (χ4v) is 1.20. The molecule has 0 unspecified atom stereocenters. The van der Waals surface area contributed by atoms with E-state index in [4.69, 9.17) is 0 Å². The van der Waals surface area contributed by atoms with Gasteiger partial charge in [-0.25, -0.2) is 0 Å². The smallest absolute Gasteiger partial charge is 0.0292 e. The summed E-state index contributed by atoms with van der Waals surface area (Å²) >= 11 is 0. The normalized spacial score (nSPS) is 13.2. The summed E-state index contributed by atoms with van der Waals surface area (Å²) in [5, 5.41) is 0. The van der Waals surface area contributed by atoms with Gasteiger partial charge in [0.2, 0.25) is 0 Å². The van der Waals surface area contributed by atoms with Crippen molar-refractivity contribution in [2.75, 3.05) is 0 Å². The number of allylic oxidation sites excluding steroid dienone is 3. The Morgan fingerprint density at radius 3 is 2.50 bits per heavy atom. The van der Waals surface area contributed by atoms with Crippen LogP contribution in [0.5, 0.6) is 0 Å². The lowest BCUT2D eigenvalue weighted by Gasteiger charge is -2.04. The largest absolute Gasteiger partial charge is 0.272 e. The van der Waals surface area contributed by atoms with Gasteiger partial charge in [-0.2, -0.15) is 0 Å². The minimum atomic E-state index is 1.09. The molecule has 0 radical (unpaired) electrons. The second kappa shape index (κ2) is 6.84. The maximum Gasteiger partial charge on any atom is 0.0292 e. The molecular formula is C11H19N. The molecule has 0 aromatic carbocycles. The van der Waals surface area contributed by atoms with Crippen LogP contribution in [0.2, 0.25) is 0 Å². The van der Waals surface area contributed by atoms with Crippen molar-refractivity contribution >= 4 is 6.72 Å². The van der Waals surface area contributed by atoms with Gasteiger partial charge in [0.25, 0.3) is 0 Å². The molecule has 1 nitrogen and oxygen atoms in total. The standard InChI is InChI=1S/C11H19N/c1-5-7-11(8-6-2)10(3)9-12-4/h7,9H,4-6,8H2,1-3H3/b10-9+,11-7+. The first-order valence-corrected chi connectivity index (χ1v) is 4.58. The summed E-state index contributed by atoms with van der Waals surface area (Å²) in [5.74, 6) is 0. The van der Waals surface area contributed by atoms with Gasteiger partial charge in [-0.05, 0) is 37.6 Å². The Balaban J connectivity index is 4.39. The molecule has 0 bridgehead atoms. The molecule has 0 rings (SSSR count). The average Bonchev–Trinajstić information content (AvgIpc) is 2.04. The number of rotatable bonds is 5. The van der Waals surface area contributed by atoms with Crippen LogP contribution >= 0.6 is 0 Å². The lowest BCUT2D eigenvalue weighted by molar-refractivity contribution is 0.901. The van der Waals surface area contributed by atoms with E-state index in [1.165, 1.54) is 17.6 Å². The molecule has 0 saturated heterocycles. The van der Waals surface area contributed by atoms with E-state index >= 15 is 0 Å². The molecular weight excluding hydrogens is 146 g/mol. The quantitative estimate of drug-likeness (QED) is 0.435. The maximum absolute atomic E-state index is 3.77. The van der Waals surface area contributed by atoms with Crippen LogP contribution in [0.4, 0.5) is 0 Å². The van der Waals surface area contributed by atoms with Crippen molar-refractivity contribution in [3.8, 4) is 0 Å². The molecule has 0 atom stereocenters. The van der Waals surface area contributed by atoms with E-state index in [1.807, 2.05) is 6.20 Å². The van der Waals surface area contributed by atoms with Gasteiger partial charge in [0, 0.05) is 6.20 Å². The van der Waals surface area contributed by atoms with Gasteiger partial charge in [0.1, 0.15) is 0 Å². The monoisotopic (exact) mass is 165 g/mol. The van der Waals surface area contributed by atoms with Gasteiger partial charge in [-0.15, -0.1) is 0 Å². The maximum atomic E-state index is 3.77. The third kappa shape index (κ3) is 4.12. The van der Waals surface area contributed by atoms with Crippen molar-refractivity contribution in [2.24, 2.45) is 4.99 Å². The minimum Gasteiger partial charge on any atom is -0.272 e. The van der Waals surface area contributed by atoms with Crippen molar-refractivity contribution in [3.63, 3.8) is 0 Å². The molecule has 12 heavy (non-hydrogen) atoms. The third-order valence-corrected chi connectivity index (χ3v) is 1.76.